The van der Waals surface area contributed by atoms with Crippen LogP contribution in [0.25, 0.3) is 0 Å². The first-order chi connectivity index (χ1) is 10.2. The summed E-state index contributed by atoms with van der Waals surface area (Å²) in [5.74, 6) is 0.725. The number of methoxy groups -OCH3 is 1. The van der Waals surface area contributed by atoms with Crippen LogP contribution >= 0.6 is 0 Å². The van der Waals surface area contributed by atoms with Crippen LogP contribution in [0.3, 0.4) is 0 Å². The van der Waals surface area contributed by atoms with Crippen molar-refractivity contribution in [3.63, 3.8) is 0 Å². The van der Waals surface area contributed by atoms with Crippen molar-refractivity contribution in [2.24, 2.45) is 0 Å². The normalized spacial score (nSPS) is 21.2. The zero-order chi connectivity index (χ0) is 15.1. The van der Waals surface area contributed by atoms with Gasteiger partial charge in [-0.2, -0.15) is 0 Å². The number of amides is 1. The second-order valence-corrected chi connectivity index (χ2v) is 5.24. The minimum Gasteiger partial charge on any atom is -0.494 e. The van der Waals surface area contributed by atoms with E-state index in [1.807, 2.05) is 12.1 Å². The average molecular weight is 292 g/mol. The lowest BCUT2D eigenvalue weighted by Crippen LogP contribution is -2.43. The van der Waals surface area contributed by atoms with Crippen LogP contribution in [-0.4, -0.2) is 44.9 Å². The Morgan fingerprint density at radius 3 is 2.76 bits per heavy atom. The van der Waals surface area contributed by atoms with Crippen LogP contribution in [0.1, 0.15) is 30.1 Å². The first-order valence-electron chi connectivity index (χ1n) is 7.51. The van der Waals surface area contributed by atoms with Gasteiger partial charge in [-0.05, 0) is 30.7 Å². The van der Waals surface area contributed by atoms with Crippen molar-refractivity contribution in [2.45, 2.75) is 31.9 Å². The Balaban J connectivity index is 1.87. The van der Waals surface area contributed by atoms with Crippen LogP contribution in [0.4, 0.5) is 0 Å². The molecule has 2 rings (SSSR count). The summed E-state index contributed by atoms with van der Waals surface area (Å²) in [5.41, 5.74) is 0.639. The van der Waals surface area contributed by atoms with Gasteiger partial charge in [-0.25, -0.2) is 0 Å². The lowest BCUT2D eigenvalue weighted by molar-refractivity contribution is 0.0780. The first-order valence-corrected chi connectivity index (χ1v) is 7.51. The molecule has 1 aliphatic heterocycles. The Morgan fingerprint density at radius 1 is 1.33 bits per heavy atom. The standard InChI is InChI=1S/C16H24N2O3/c1-3-4-9-21-13-7-5-12(6-8-13)16(19)18-14-10-17-11-15(14)20-2/h5-8,14-15,17H,3-4,9-11H2,1-2H3,(H,18,19)/t14?,15-/m0/s1. The van der Waals surface area contributed by atoms with Crippen LogP contribution in [0.2, 0.25) is 0 Å². The molecule has 0 aromatic heterocycles. The number of hydrogen-bond acceptors (Lipinski definition) is 4. The van der Waals surface area contributed by atoms with Crippen LogP contribution in [0, 0.1) is 0 Å². The van der Waals surface area contributed by atoms with Crippen LogP contribution in [-0.2, 0) is 4.74 Å². The number of nitrogens with one attached hydrogen (secondary N) is 2. The van der Waals surface area contributed by atoms with E-state index in [0.29, 0.717) is 12.2 Å². The zero-order valence-electron chi connectivity index (χ0n) is 12.7. The van der Waals surface area contributed by atoms with Crippen molar-refractivity contribution in [2.75, 3.05) is 26.8 Å². The lowest BCUT2D eigenvalue weighted by Gasteiger charge is -2.18. The average Bonchev–Trinajstić information content (AvgIpc) is 2.95. The van der Waals surface area contributed by atoms with Crippen molar-refractivity contribution in [1.29, 1.82) is 0 Å². The van der Waals surface area contributed by atoms with Gasteiger partial charge in [0.05, 0.1) is 18.8 Å². The third-order valence-corrected chi connectivity index (χ3v) is 3.66. The number of unbranched alkanes of at least 4 members (excludes halogenated alkanes) is 1. The third-order valence-electron chi connectivity index (χ3n) is 3.66. The highest BCUT2D eigenvalue weighted by molar-refractivity contribution is 5.94. The molecule has 1 fully saturated rings. The summed E-state index contributed by atoms with van der Waals surface area (Å²) in [6, 6.07) is 7.28. The van der Waals surface area contributed by atoms with Gasteiger partial charge in [-0.3, -0.25) is 4.79 Å². The minimum atomic E-state index is -0.0779. The summed E-state index contributed by atoms with van der Waals surface area (Å²) >= 11 is 0. The molecular weight excluding hydrogens is 268 g/mol. The molecule has 2 N–H and O–H groups in total. The molecule has 116 valence electrons. The van der Waals surface area contributed by atoms with Crippen molar-refractivity contribution < 1.29 is 14.3 Å². The monoisotopic (exact) mass is 292 g/mol. The fraction of sp³-hybridized carbons (Fsp3) is 0.562. The van der Waals surface area contributed by atoms with Crippen molar-refractivity contribution in [1.82, 2.24) is 10.6 Å². The van der Waals surface area contributed by atoms with Crippen LogP contribution in [0.15, 0.2) is 24.3 Å². The third kappa shape index (κ3) is 4.44. The van der Waals surface area contributed by atoms with E-state index in [1.165, 1.54) is 0 Å². The molecule has 1 heterocycles. The molecule has 1 aliphatic rings. The van der Waals surface area contributed by atoms with E-state index < -0.39 is 0 Å². The number of carbonyl (C=O) groups excluding carboxylic acids is 1. The van der Waals surface area contributed by atoms with Gasteiger partial charge in [0.2, 0.25) is 0 Å². The topological polar surface area (TPSA) is 59.6 Å². The summed E-state index contributed by atoms with van der Waals surface area (Å²) in [6.07, 6.45) is 2.18. The maximum Gasteiger partial charge on any atom is 0.251 e. The second kappa shape index (κ2) is 8.00. The Kier molecular flexibility index (Phi) is 6.02. The molecular formula is C16H24N2O3. The predicted molar refractivity (Wildman–Crippen MR) is 81.8 cm³/mol. The number of ether oxygens (including phenoxy) is 2. The van der Waals surface area contributed by atoms with E-state index in [4.69, 9.17) is 9.47 Å². The molecule has 5 heteroatoms. The Morgan fingerprint density at radius 2 is 2.10 bits per heavy atom. The van der Waals surface area contributed by atoms with Crippen molar-refractivity contribution in [3.05, 3.63) is 29.8 Å². The highest BCUT2D eigenvalue weighted by Crippen LogP contribution is 2.13. The molecule has 1 aromatic rings. The van der Waals surface area contributed by atoms with E-state index in [0.717, 1.165) is 31.7 Å². The molecule has 0 saturated carbocycles. The van der Waals surface area contributed by atoms with Gasteiger partial charge >= 0.3 is 0 Å². The fourth-order valence-electron chi connectivity index (χ4n) is 2.33. The van der Waals surface area contributed by atoms with E-state index in [2.05, 4.69) is 17.6 Å². The molecule has 0 spiro atoms. The largest absolute Gasteiger partial charge is 0.494 e. The van der Waals surface area contributed by atoms with Gasteiger partial charge in [-0.15, -0.1) is 0 Å². The molecule has 1 amide bonds. The van der Waals surface area contributed by atoms with Gasteiger partial charge in [0, 0.05) is 25.8 Å². The summed E-state index contributed by atoms with van der Waals surface area (Å²) in [4.78, 5) is 12.2. The maximum absolute atomic E-state index is 12.2. The van der Waals surface area contributed by atoms with E-state index >= 15 is 0 Å². The van der Waals surface area contributed by atoms with Gasteiger partial charge in [-0.1, -0.05) is 13.3 Å². The van der Waals surface area contributed by atoms with Gasteiger partial charge in [0.1, 0.15) is 5.75 Å². The highest BCUT2D eigenvalue weighted by Gasteiger charge is 2.28. The number of carbonyl (C=O) groups is 1. The molecule has 1 unspecified atom stereocenters. The maximum atomic E-state index is 12.2. The van der Waals surface area contributed by atoms with Gasteiger partial charge < -0.3 is 20.1 Å². The first kappa shape index (κ1) is 15.8. The zero-order valence-corrected chi connectivity index (χ0v) is 12.7. The Labute approximate surface area is 126 Å². The summed E-state index contributed by atoms with van der Waals surface area (Å²) in [5, 5.41) is 6.21. The molecule has 1 aromatic carbocycles. The smallest absolute Gasteiger partial charge is 0.251 e. The predicted octanol–water partition coefficient (Wildman–Crippen LogP) is 1.58. The molecule has 0 aliphatic carbocycles. The van der Waals surface area contributed by atoms with Crippen molar-refractivity contribution in [3.8, 4) is 5.75 Å². The molecule has 0 radical (unpaired) electrons. The minimum absolute atomic E-state index is 0.0166. The molecule has 5 nitrogen and oxygen atoms in total. The molecule has 1 saturated heterocycles. The number of benzene rings is 1. The highest BCUT2D eigenvalue weighted by atomic mass is 16.5. The van der Waals surface area contributed by atoms with Crippen LogP contribution in [0.5, 0.6) is 5.75 Å². The summed E-state index contributed by atoms with van der Waals surface area (Å²) in [6.45, 7) is 4.35. The number of hydrogen-bond donors (Lipinski definition) is 2. The SMILES string of the molecule is CCCCOc1ccc(C(=O)NC2CNC[C@@H]2OC)cc1. The summed E-state index contributed by atoms with van der Waals surface area (Å²) < 4.78 is 10.9. The molecule has 0 bridgehead atoms. The fourth-order valence-corrected chi connectivity index (χ4v) is 2.33. The lowest BCUT2D eigenvalue weighted by atomic mass is 10.1. The quantitative estimate of drug-likeness (QED) is 0.749. The van der Waals surface area contributed by atoms with Gasteiger partial charge in [0.25, 0.3) is 5.91 Å². The van der Waals surface area contributed by atoms with E-state index in [-0.39, 0.29) is 18.1 Å². The summed E-state index contributed by atoms with van der Waals surface area (Å²) in [7, 11) is 1.67. The second-order valence-electron chi connectivity index (χ2n) is 5.24. The van der Waals surface area contributed by atoms with Gasteiger partial charge in [0.15, 0.2) is 0 Å². The Hall–Kier alpha value is -1.59. The van der Waals surface area contributed by atoms with Crippen LogP contribution < -0.4 is 15.4 Å². The number of rotatable bonds is 7. The van der Waals surface area contributed by atoms with E-state index in [1.54, 1.807) is 19.2 Å². The molecule has 2 atom stereocenters. The van der Waals surface area contributed by atoms with Crippen molar-refractivity contribution >= 4 is 5.91 Å². The Bertz CT molecular complexity index is 447. The molecule has 21 heavy (non-hydrogen) atoms. The van der Waals surface area contributed by atoms with E-state index in [9.17, 15) is 4.79 Å².